The summed E-state index contributed by atoms with van der Waals surface area (Å²) < 4.78 is 18.0. The summed E-state index contributed by atoms with van der Waals surface area (Å²) in [4.78, 5) is 55.5. The Morgan fingerprint density at radius 2 is 1.92 bits per heavy atom. The molecule has 0 fully saturated rings. The smallest absolute Gasteiger partial charge is 0.341 e. The van der Waals surface area contributed by atoms with Crippen LogP contribution in [0.5, 0.6) is 5.75 Å². The van der Waals surface area contributed by atoms with Crippen molar-refractivity contribution in [2.45, 2.75) is 39.7 Å². The molecule has 2 aromatic heterocycles. The summed E-state index contributed by atoms with van der Waals surface area (Å²) in [5.74, 6) is -0.988. The Morgan fingerprint density at radius 1 is 1.10 bits per heavy atom. The fourth-order valence-corrected chi connectivity index (χ4v) is 7.15. The van der Waals surface area contributed by atoms with Crippen molar-refractivity contribution < 1.29 is 33.4 Å². The van der Waals surface area contributed by atoms with Gasteiger partial charge in [-0.05, 0) is 56.9 Å². The first-order valence-electron chi connectivity index (χ1n) is 12.4. The van der Waals surface area contributed by atoms with Crippen LogP contribution in [0.1, 0.15) is 41.1 Å². The second-order valence-electron chi connectivity index (χ2n) is 8.44. The molecule has 0 atom stereocenters. The molecule has 1 aliphatic carbocycles. The van der Waals surface area contributed by atoms with Crippen molar-refractivity contribution in [3.05, 3.63) is 39.0 Å². The largest absolute Gasteiger partial charge is 0.494 e. The number of aryl methyl sites for hydroxylation is 1. The van der Waals surface area contributed by atoms with Crippen LogP contribution in [0.15, 0.2) is 23.2 Å². The van der Waals surface area contributed by atoms with Gasteiger partial charge in [0.15, 0.2) is 4.80 Å². The molecule has 0 saturated carbocycles. The normalized spacial score (nSPS) is 12.8. The predicted octanol–water partition coefficient (Wildman–Crippen LogP) is 3.80. The molecule has 39 heavy (non-hydrogen) atoms. The Morgan fingerprint density at radius 3 is 2.67 bits per heavy atom. The van der Waals surface area contributed by atoms with E-state index in [1.807, 2.05) is 19.1 Å². The summed E-state index contributed by atoms with van der Waals surface area (Å²) in [6, 6.07) is 5.44. The van der Waals surface area contributed by atoms with Crippen LogP contribution in [0, 0.1) is 0 Å². The number of fused-ring (bicyclic) bond motifs is 2. The Kier molecular flexibility index (Phi) is 9.81. The number of nitrogens with zero attached hydrogens (tertiary/aromatic N) is 2. The minimum atomic E-state index is -0.467. The molecule has 0 bridgehead atoms. The molecule has 2 heterocycles. The number of thioether (sulfide) groups is 1. The molecule has 0 aliphatic heterocycles. The first-order chi connectivity index (χ1) is 18.8. The maximum atomic E-state index is 12.7. The van der Waals surface area contributed by atoms with Crippen LogP contribution in [0.4, 0.5) is 5.00 Å². The van der Waals surface area contributed by atoms with Gasteiger partial charge in [-0.2, -0.15) is 4.99 Å². The Labute approximate surface area is 237 Å². The van der Waals surface area contributed by atoms with E-state index < -0.39 is 17.8 Å². The molecular formula is C26H29N3O7S3. The summed E-state index contributed by atoms with van der Waals surface area (Å²) in [6.07, 6.45) is 2.66. The van der Waals surface area contributed by atoms with Crippen LogP contribution >= 0.6 is 34.4 Å². The van der Waals surface area contributed by atoms with Crippen LogP contribution < -0.4 is 14.9 Å². The minimum Gasteiger partial charge on any atom is -0.494 e. The van der Waals surface area contributed by atoms with Gasteiger partial charge in [-0.15, -0.1) is 23.1 Å². The fourth-order valence-electron chi connectivity index (χ4n) is 4.19. The molecule has 0 spiro atoms. The number of hydrogen-bond acceptors (Lipinski definition) is 10. The second-order valence-corrected chi connectivity index (χ2v) is 11.5. The van der Waals surface area contributed by atoms with Crippen LogP contribution in [0.25, 0.3) is 10.2 Å². The molecule has 10 nitrogen and oxygen atoms in total. The molecule has 4 rings (SSSR count). The van der Waals surface area contributed by atoms with E-state index in [0.29, 0.717) is 27.7 Å². The van der Waals surface area contributed by atoms with E-state index in [-0.39, 0.29) is 30.6 Å². The molecule has 2 amide bonds. The SMILES string of the molecule is CCOC(=O)c1c(NC(=O)CSCC(=O)N=c2sc3cc(OCC)ccc3n2CC(=O)OC)sc2c1CCC2. The number of nitrogens with one attached hydrogen (secondary N) is 1. The third kappa shape index (κ3) is 6.89. The van der Waals surface area contributed by atoms with Crippen molar-refractivity contribution in [2.24, 2.45) is 4.99 Å². The van der Waals surface area contributed by atoms with E-state index in [4.69, 9.17) is 14.2 Å². The van der Waals surface area contributed by atoms with Gasteiger partial charge < -0.3 is 24.1 Å². The van der Waals surface area contributed by atoms with Gasteiger partial charge in [0, 0.05) is 4.88 Å². The highest BCUT2D eigenvalue weighted by Crippen LogP contribution is 2.39. The zero-order chi connectivity index (χ0) is 27.9. The zero-order valence-corrected chi connectivity index (χ0v) is 24.3. The van der Waals surface area contributed by atoms with Crippen molar-refractivity contribution in [3.8, 4) is 5.75 Å². The lowest BCUT2D eigenvalue weighted by Crippen LogP contribution is -2.23. The molecule has 1 N–H and O–H groups in total. The van der Waals surface area contributed by atoms with Crippen molar-refractivity contribution in [3.63, 3.8) is 0 Å². The van der Waals surface area contributed by atoms with Gasteiger partial charge in [-0.25, -0.2) is 4.79 Å². The van der Waals surface area contributed by atoms with Crippen molar-refractivity contribution in [1.29, 1.82) is 0 Å². The number of esters is 2. The van der Waals surface area contributed by atoms with Gasteiger partial charge in [0.25, 0.3) is 5.91 Å². The number of methoxy groups -OCH3 is 1. The maximum Gasteiger partial charge on any atom is 0.341 e. The number of carbonyl (C=O) groups excluding carboxylic acids is 4. The number of anilines is 1. The van der Waals surface area contributed by atoms with E-state index in [1.165, 1.54) is 29.8 Å². The third-order valence-corrected chi connectivity index (χ3v) is 8.98. The van der Waals surface area contributed by atoms with Gasteiger partial charge in [0.05, 0.1) is 47.6 Å². The van der Waals surface area contributed by atoms with Gasteiger partial charge in [-0.3, -0.25) is 14.4 Å². The average Bonchev–Trinajstić information content (AvgIpc) is 3.57. The number of hydrogen-bond donors (Lipinski definition) is 1. The number of thiazole rings is 1. The molecular weight excluding hydrogens is 563 g/mol. The highest BCUT2D eigenvalue weighted by molar-refractivity contribution is 8.00. The van der Waals surface area contributed by atoms with Gasteiger partial charge in [0.2, 0.25) is 5.91 Å². The lowest BCUT2D eigenvalue weighted by atomic mass is 10.1. The lowest BCUT2D eigenvalue weighted by molar-refractivity contribution is -0.141. The third-order valence-electron chi connectivity index (χ3n) is 5.81. The highest BCUT2D eigenvalue weighted by Gasteiger charge is 2.28. The van der Waals surface area contributed by atoms with Crippen LogP contribution in [0.3, 0.4) is 0 Å². The maximum absolute atomic E-state index is 12.7. The monoisotopic (exact) mass is 591 g/mol. The number of carbonyl (C=O) groups is 4. The predicted molar refractivity (Wildman–Crippen MR) is 152 cm³/mol. The van der Waals surface area contributed by atoms with Crippen molar-refractivity contribution >= 4 is 73.4 Å². The molecule has 3 aromatic rings. The van der Waals surface area contributed by atoms with Crippen LogP contribution in [-0.2, 0) is 43.2 Å². The first-order valence-corrected chi connectivity index (χ1v) is 15.2. The minimum absolute atomic E-state index is 0.0123. The number of rotatable bonds is 11. The zero-order valence-electron chi connectivity index (χ0n) is 21.9. The molecule has 0 radical (unpaired) electrons. The van der Waals surface area contributed by atoms with Gasteiger partial charge in [0.1, 0.15) is 17.3 Å². The summed E-state index contributed by atoms with van der Waals surface area (Å²) in [7, 11) is 1.30. The van der Waals surface area contributed by atoms with E-state index in [2.05, 4.69) is 10.3 Å². The summed E-state index contributed by atoms with van der Waals surface area (Å²) in [5.41, 5.74) is 2.14. The summed E-state index contributed by atoms with van der Waals surface area (Å²) >= 11 is 3.79. The Hall–Kier alpha value is -3.16. The lowest BCUT2D eigenvalue weighted by Gasteiger charge is -2.07. The van der Waals surface area contributed by atoms with E-state index >= 15 is 0 Å². The van der Waals surface area contributed by atoms with Crippen LogP contribution in [-0.4, -0.2) is 60.1 Å². The van der Waals surface area contributed by atoms with Gasteiger partial charge >= 0.3 is 11.9 Å². The number of thiophene rings is 1. The van der Waals surface area contributed by atoms with Crippen molar-refractivity contribution in [2.75, 3.05) is 37.1 Å². The highest BCUT2D eigenvalue weighted by atomic mass is 32.2. The first kappa shape index (κ1) is 28.8. The number of aromatic nitrogens is 1. The number of benzene rings is 1. The quantitative estimate of drug-likeness (QED) is 0.334. The molecule has 1 aliphatic rings. The topological polar surface area (TPSA) is 125 Å². The standard InChI is InChI=1S/C26H29N3O7S3/c1-4-35-15-9-10-17-19(11-15)39-26(29(17)12-22(32)34-3)28-21(31)14-37-13-20(30)27-24-23(25(33)36-5-2)16-7-6-8-18(16)38-24/h9-11H,4-8,12-14H2,1-3H3,(H,27,30). The van der Waals surface area contributed by atoms with E-state index in [1.54, 1.807) is 17.6 Å². The van der Waals surface area contributed by atoms with E-state index in [9.17, 15) is 19.2 Å². The number of amides is 2. The fraction of sp³-hybridized carbons (Fsp3) is 0.423. The van der Waals surface area contributed by atoms with Gasteiger partial charge in [-0.1, -0.05) is 11.3 Å². The molecule has 0 unspecified atom stereocenters. The Bertz CT molecular complexity index is 1470. The Balaban J connectivity index is 1.43. The molecule has 0 saturated heterocycles. The number of ether oxygens (including phenoxy) is 3. The van der Waals surface area contributed by atoms with E-state index in [0.717, 1.165) is 51.7 Å². The second kappa shape index (κ2) is 13.3. The molecule has 13 heteroatoms. The van der Waals surface area contributed by atoms with Crippen LogP contribution in [0.2, 0.25) is 0 Å². The molecule has 208 valence electrons. The van der Waals surface area contributed by atoms with Crippen molar-refractivity contribution in [1.82, 2.24) is 4.57 Å². The molecule has 1 aromatic carbocycles. The summed E-state index contributed by atoms with van der Waals surface area (Å²) in [5, 5.41) is 3.32. The summed E-state index contributed by atoms with van der Waals surface area (Å²) in [6.45, 7) is 4.30. The average molecular weight is 592 g/mol.